The minimum absolute atomic E-state index is 0.131. The Balaban J connectivity index is 1.64. The third-order valence-electron chi connectivity index (χ3n) is 4.49. The Hall–Kier alpha value is -2.34. The Labute approximate surface area is 155 Å². The van der Waals surface area contributed by atoms with Crippen LogP contribution in [-0.4, -0.2) is 22.7 Å². The molecule has 1 saturated carbocycles. The molecule has 0 aromatic heterocycles. The molecule has 1 amide bonds. The van der Waals surface area contributed by atoms with E-state index in [4.69, 9.17) is 5.11 Å². The summed E-state index contributed by atoms with van der Waals surface area (Å²) in [6.07, 6.45) is 1.42. The van der Waals surface area contributed by atoms with Crippen LogP contribution in [0.15, 0.2) is 48.5 Å². The number of halogens is 1. The standard InChI is InChI=1S/C20H20FNO3S/c21-17-7-2-1-6-16(17)20(9-10-20)19(25)22-15-5-3-4-14(12-15)13-26-11-8-18(23)24/h1-7,12H,8-11,13H2,(H,22,25)(H,23,24). The molecule has 136 valence electrons. The zero-order valence-corrected chi connectivity index (χ0v) is 15.0. The van der Waals surface area contributed by atoms with Crippen LogP contribution in [0.25, 0.3) is 0 Å². The second-order valence-electron chi connectivity index (χ2n) is 6.41. The van der Waals surface area contributed by atoms with Gasteiger partial charge in [-0.15, -0.1) is 0 Å². The van der Waals surface area contributed by atoms with E-state index in [1.807, 2.05) is 18.2 Å². The minimum Gasteiger partial charge on any atom is -0.481 e. The molecule has 1 aliphatic carbocycles. The summed E-state index contributed by atoms with van der Waals surface area (Å²) in [5.41, 5.74) is 1.37. The summed E-state index contributed by atoms with van der Waals surface area (Å²) in [6.45, 7) is 0. The Morgan fingerprint density at radius 2 is 1.92 bits per heavy atom. The van der Waals surface area contributed by atoms with Crippen LogP contribution in [0.2, 0.25) is 0 Å². The molecule has 1 aliphatic rings. The number of carbonyl (C=O) groups is 2. The monoisotopic (exact) mass is 373 g/mol. The summed E-state index contributed by atoms with van der Waals surface area (Å²) in [4.78, 5) is 23.3. The molecule has 0 aliphatic heterocycles. The zero-order valence-electron chi connectivity index (χ0n) is 14.2. The number of amides is 1. The van der Waals surface area contributed by atoms with E-state index in [0.717, 1.165) is 5.56 Å². The first kappa shape index (κ1) is 18.5. The molecule has 0 atom stereocenters. The van der Waals surface area contributed by atoms with Gasteiger partial charge in [0.25, 0.3) is 0 Å². The molecule has 4 nitrogen and oxygen atoms in total. The molecule has 2 aromatic rings. The lowest BCUT2D eigenvalue weighted by Crippen LogP contribution is -2.28. The first-order valence-electron chi connectivity index (χ1n) is 8.46. The topological polar surface area (TPSA) is 66.4 Å². The number of rotatable bonds is 8. The second-order valence-corrected chi connectivity index (χ2v) is 7.52. The highest BCUT2D eigenvalue weighted by molar-refractivity contribution is 7.98. The highest BCUT2D eigenvalue weighted by atomic mass is 32.2. The Kier molecular flexibility index (Phi) is 5.61. The van der Waals surface area contributed by atoms with E-state index >= 15 is 0 Å². The number of carbonyl (C=O) groups excluding carboxylic acids is 1. The number of benzene rings is 2. The maximum absolute atomic E-state index is 14.1. The van der Waals surface area contributed by atoms with Gasteiger partial charge in [-0.25, -0.2) is 4.39 Å². The van der Waals surface area contributed by atoms with Gasteiger partial charge in [0.1, 0.15) is 5.82 Å². The van der Waals surface area contributed by atoms with Gasteiger partial charge in [-0.3, -0.25) is 9.59 Å². The van der Waals surface area contributed by atoms with E-state index in [0.29, 0.717) is 35.6 Å². The third kappa shape index (κ3) is 4.25. The van der Waals surface area contributed by atoms with Crippen molar-refractivity contribution in [1.29, 1.82) is 0 Å². The van der Waals surface area contributed by atoms with Gasteiger partial charge in [-0.05, 0) is 36.6 Å². The van der Waals surface area contributed by atoms with Crippen molar-refractivity contribution in [3.05, 3.63) is 65.5 Å². The molecule has 0 saturated heterocycles. The average molecular weight is 373 g/mol. The van der Waals surface area contributed by atoms with Crippen molar-refractivity contribution in [2.75, 3.05) is 11.1 Å². The fourth-order valence-corrected chi connectivity index (χ4v) is 3.81. The van der Waals surface area contributed by atoms with Crippen molar-refractivity contribution in [2.24, 2.45) is 0 Å². The van der Waals surface area contributed by atoms with Gasteiger partial charge in [0, 0.05) is 22.8 Å². The van der Waals surface area contributed by atoms with E-state index in [-0.39, 0.29) is 18.1 Å². The van der Waals surface area contributed by atoms with Gasteiger partial charge in [0.15, 0.2) is 0 Å². The first-order chi connectivity index (χ1) is 12.5. The summed E-state index contributed by atoms with van der Waals surface area (Å²) in [7, 11) is 0. The smallest absolute Gasteiger partial charge is 0.304 e. The van der Waals surface area contributed by atoms with Crippen LogP contribution in [0.4, 0.5) is 10.1 Å². The summed E-state index contributed by atoms with van der Waals surface area (Å²) in [5.74, 6) is -0.110. The Bertz CT molecular complexity index is 820. The van der Waals surface area contributed by atoms with Crippen molar-refractivity contribution in [3.63, 3.8) is 0 Å². The largest absolute Gasteiger partial charge is 0.481 e. The zero-order chi connectivity index (χ0) is 18.6. The van der Waals surface area contributed by atoms with Crippen LogP contribution in [0.5, 0.6) is 0 Å². The second kappa shape index (κ2) is 7.91. The maximum Gasteiger partial charge on any atom is 0.304 e. The normalized spacial score (nSPS) is 14.7. The first-order valence-corrected chi connectivity index (χ1v) is 9.62. The van der Waals surface area contributed by atoms with Gasteiger partial charge in [-0.2, -0.15) is 11.8 Å². The van der Waals surface area contributed by atoms with Crippen LogP contribution in [0, 0.1) is 5.82 Å². The number of thioether (sulfide) groups is 1. The lowest BCUT2D eigenvalue weighted by molar-refractivity contribution is -0.136. The van der Waals surface area contributed by atoms with Crippen LogP contribution in [-0.2, 0) is 20.8 Å². The highest BCUT2D eigenvalue weighted by Crippen LogP contribution is 2.49. The van der Waals surface area contributed by atoms with Crippen molar-refractivity contribution in [2.45, 2.75) is 30.4 Å². The van der Waals surface area contributed by atoms with Gasteiger partial charge < -0.3 is 10.4 Å². The molecule has 1 fully saturated rings. The van der Waals surface area contributed by atoms with Gasteiger partial charge >= 0.3 is 5.97 Å². The molecule has 2 aromatic carbocycles. The minimum atomic E-state index is -0.804. The number of hydrogen-bond donors (Lipinski definition) is 2. The quantitative estimate of drug-likeness (QED) is 0.681. The van der Waals surface area contributed by atoms with Gasteiger partial charge in [0.2, 0.25) is 5.91 Å². The van der Waals surface area contributed by atoms with E-state index in [1.165, 1.54) is 17.8 Å². The molecule has 0 heterocycles. The number of carboxylic acid groups (broad SMARTS) is 1. The van der Waals surface area contributed by atoms with Crippen LogP contribution in [0.3, 0.4) is 0 Å². The lowest BCUT2D eigenvalue weighted by atomic mass is 9.94. The number of aliphatic carboxylic acids is 1. The average Bonchev–Trinajstić information content (AvgIpc) is 3.41. The predicted octanol–water partition coefficient (Wildman–Crippen LogP) is 4.20. The molecule has 0 unspecified atom stereocenters. The van der Waals surface area contributed by atoms with Crippen molar-refractivity contribution in [1.82, 2.24) is 0 Å². The highest BCUT2D eigenvalue weighted by Gasteiger charge is 2.52. The molecule has 0 radical (unpaired) electrons. The molecular formula is C20H20FNO3S. The van der Waals surface area contributed by atoms with Crippen LogP contribution >= 0.6 is 11.8 Å². The fourth-order valence-electron chi connectivity index (χ4n) is 2.93. The molecule has 0 spiro atoms. The molecule has 0 bridgehead atoms. The number of anilines is 1. The lowest BCUT2D eigenvalue weighted by Gasteiger charge is -2.17. The van der Waals surface area contributed by atoms with Crippen LogP contribution in [0.1, 0.15) is 30.4 Å². The van der Waals surface area contributed by atoms with E-state index in [2.05, 4.69) is 5.32 Å². The predicted molar refractivity (Wildman–Crippen MR) is 101 cm³/mol. The number of nitrogens with one attached hydrogen (secondary N) is 1. The van der Waals surface area contributed by atoms with Gasteiger partial charge in [-0.1, -0.05) is 30.3 Å². The summed E-state index contributed by atoms with van der Waals surface area (Å²) >= 11 is 1.54. The molecule has 26 heavy (non-hydrogen) atoms. The van der Waals surface area contributed by atoms with Crippen molar-refractivity contribution >= 4 is 29.3 Å². The van der Waals surface area contributed by atoms with Crippen LogP contribution < -0.4 is 5.32 Å². The molecular weight excluding hydrogens is 353 g/mol. The molecule has 3 rings (SSSR count). The number of hydrogen-bond acceptors (Lipinski definition) is 3. The third-order valence-corrected chi connectivity index (χ3v) is 5.52. The summed E-state index contributed by atoms with van der Waals surface area (Å²) in [5, 5.41) is 11.6. The SMILES string of the molecule is O=C(O)CCSCc1cccc(NC(=O)C2(c3ccccc3F)CC2)c1. The Morgan fingerprint density at radius 3 is 2.62 bits per heavy atom. The fraction of sp³-hybridized carbons (Fsp3) is 0.300. The van der Waals surface area contributed by atoms with Gasteiger partial charge in [0.05, 0.1) is 11.8 Å². The van der Waals surface area contributed by atoms with Crippen molar-refractivity contribution in [3.8, 4) is 0 Å². The van der Waals surface area contributed by atoms with E-state index in [1.54, 1.807) is 24.3 Å². The number of carboxylic acids is 1. The van der Waals surface area contributed by atoms with E-state index in [9.17, 15) is 14.0 Å². The molecule has 2 N–H and O–H groups in total. The Morgan fingerprint density at radius 1 is 1.15 bits per heavy atom. The molecule has 6 heteroatoms. The van der Waals surface area contributed by atoms with E-state index < -0.39 is 11.4 Å². The van der Waals surface area contributed by atoms with Crippen molar-refractivity contribution < 1.29 is 19.1 Å². The summed E-state index contributed by atoms with van der Waals surface area (Å²) in [6, 6.07) is 13.9. The maximum atomic E-state index is 14.1. The summed E-state index contributed by atoms with van der Waals surface area (Å²) < 4.78 is 14.1.